The van der Waals surface area contributed by atoms with E-state index >= 15 is 9.59 Å². The summed E-state index contributed by atoms with van der Waals surface area (Å²) in [6, 6.07) is 24.6. The fourth-order valence-electron chi connectivity index (χ4n) is 10.3. The Morgan fingerprint density at radius 2 is 1.61 bits per heavy atom. The first-order valence-electron chi connectivity index (χ1n) is 21.0. The van der Waals surface area contributed by atoms with Crippen molar-refractivity contribution in [1.29, 1.82) is 0 Å². The number of rotatable bonds is 10. The van der Waals surface area contributed by atoms with E-state index in [9.17, 15) is 19.5 Å². The number of nitrogens with zero attached hydrogens (tertiary/aromatic N) is 6. The van der Waals surface area contributed by atoms with Gasteiger partial charge < -0.3 is 23.9 Å². The number of carbonyl (C=O) groups is 2. The summed E-state index contributed by atoms with van der Waals surface area (Å²) < 4.78 is 21.5. The summed E-state index contributed by atoms with van der Waals surface area (Å²) >= 11 is 12.8. The monoisotopic (exact) mass is 929 g/mol. The number of phenolic OH excluding ortho intramolecular Hbond substituents is 1. The highest BCUT2D eigenvalue weighted by Gasteiger charge is 2.69. The van der Waals surface area contributed by atoms with Gasteiger partial charge in [-0.05, 0) is 64.7 Å². The molecule has 5 aromatic carbocycles. The van der Waals surface area contributed by atoms with Gasteiger partial charge in [-0.15, -0.1) is 0 Å². The molecule has 1 saturated heterocycles. The number of fused-ring (bicyclic) bond motifs is 6. The zero-order chi connectivity index (χ0) is 46.3. The summed E-state index contributed by atoms with van der Waals surface area (Å²) in [5.41, 5.74) is 2.20. The molecule has 0 spiro atoms. The van der Waals surface area contributed by atoms with Crippen molar-refractivity contribution in [2.24, 2.45) is 13.0 Å². The van der Waals surface area contributed by atoms with Crippen molar-refractivity contribution in [3.63, 3.8) is 0 Å². The van der Waals surface area contributed by atoms with Crippen LogP contribution in [0.4, 0.5) is 5.69 Å². The molecule has 16 nitrogen and oxygen atoms in total. The molecule has 66 heavy (non-hydrogen) atoms. The molecule has 4 heterocycles. The molecule has 0 bridgehead atoms. The number of anilines is 1. The summed E-state index contributed by atoms with van der Waals surface area (Å²) in [4.78, 5) is 78.5. The number of aryl methyl sites for hydroxylation is 2. The van der Waals surface area contributed by atoms with Crippen LogP contribution in [0.1, 0.15) is 35.2 Å². The minimum atomic E-state index is -1.73. The number of imide groups is 1. The number of halogens is 2. The van der Waals surface area contributed by atoms with Gasteiger partial charge >= 0.3 is 11.4 Å². The second kappa shape index (κ2) is 16.0. The number of hydrogen-bond donors (Lipinski definition) is 2. The third-order valence-corrected chi connectivity index (χ3v) is 13.9. The molecule has 336 valence electrons. The minimum Gasteiger partial charge on any atom is -0.508 e. The molecule has 3 aliphatic rings. The fourth-order valence-corrected chi connectivity index (χ4v) is 10.8. The first-order chi connectivity index (χ1) is 31.8. The lowest BCUT2D eigenvalue weighted by Crippen LogP contribution is -2.53. The highest BCUT2D eigenvalue weighted by atomic mass is 35.5. The molecule has 18 heteroatoms. The first kappa shape index (κ1) is 42.6. The lowest BCUT2D eigenvalue weighted by Gasteiger charge is -2.49. The van der Waals surface area contributed by atoms with Crippen LogP contribution in [-0.4, -0.2) is 66.7 Å². The SMILES string of the molecule is COc1ccc([C@@]23C(=O)N(Nc4ccc(Cl)cc4Cl)C(=O)[C@@H]2C[C@@H]2C(=CCn4c(=O)n(CCc5nc6cc(OC)c(OC)cc6n(C)c5=O)c(=O)n42)[C@@H]3c2c(O)ccc3ccccc23)cc1. The molecular weight excluding hydrogens is 889 g/mol. The van der Waals surface area contributed by atoms with Crippen LogP contribution in [0.25, 0.3) is 21.8 Å². The third-order valence-electron chi connectivity index (χ3n) is 13.4. The van der Waals surface area contributed by atoms with E-state index in [1.807, 2.05) is 30.3 Å². The van der Waals surface area contributed by atoms with E-state index < -0.39 is 52.0 Å². The maximum absolute atomic E-state index is 15.8. The average Bonchev–Trinajstić information content (AvgIpc) is 3.70. The Hall–Kier alpha value is -7.30. The second-order valence-electron chi connectivity index (χ2n) is 16.5. The van der Waals surface area contributed by atoms with Gasteiger partial charge in [0.25, 0.3) is 17.4 Å². The van der Waals surface area contributed by atoms with E-state index in [0.717, 1.165) is 15.0 Å². The predicted octanol–water partition coefficient (Wildman–Crippen LogP) is 6.11. The van der Waals surface area contributed by atoms with Crippen molar-refractivity contribution < 1.29 is 28.9 Å². The highest BCUT2D eigenvalue weighted by Crippen LogP contribution is 2.63. The quantitative estimate of drug-likeness (QED) is 0.119. The number of allylic oxidation sites excluding steroid dienone is 2. The van der Waals surface area contributed by atoms with Gasteiger partial charge in [0.15, 0.2) is 11.5 Å². The zero-order valence-corrected chi connectivity index (χ0v) is 37.5. The lowest BCUT2D eigenvalue weighted by atomic mass is 9.52. The first-order valence-corrected chi connectivity index (χ1v) is 21.8. The van der Waals surface area contributed by atoms with Crippen molar-refractivity contribution in [2.45, 2.75) is 43.3 Å². The molecule has 4 atom stereocenters. The highest BCUT2D eigenvalue weighted by molar-refractivity contribution is 6.36. The van der Waals surface area contributed by atoms with Crippen molar-refractivity contribution in [1.82, 2.24) is 28.5 Å². The Bertz CT molecular complexity index is 3410. The number of hydrazine groups is 1. The number of nitrogens with one attached hydrogen (secondary N) is 1. The molecule has 0 radical (unpaired) electrons. The van der Waals surface area contributed by atoms with Gasteiger partial charge in [0.2, 0.25) is 0 Å². The van der Waals surface area contributed by atoms with Crippen molar-refractivity contribution in [3.8, 4) is 23.0 Å². The molecule has 2 amide bonds. The molecule has 1 aliphatic carbocycles. The van der Waals surface area contributed by atoms with Crippen LogP contribution < -0.4 is 36.6 Å². The van der Waals surface area contributed by atoms with Gasteiger partial charge in [0, 0.05) is 48.6 Å². The molecule has 0 unspecified atom stereocenters. The Kier molecular flexibility index (Phi) is 10.3. The van der Waals surface area contributed by atoms with Crippen LogP contribution in [0.3, 0.4) is 0 Å². The number of phenols is 1. The fraction of sp³-hybridized carbons (Fsp3) is 0.250. The second-order valence-corrected chi connectivity index (χ2v) is 17.3. The van der Waals surface area contributed by atoms with Crippen molar-refractivity contribution in [2.75, 3.05) is 26.8 Å². The maximum Gasteiger partial charge on any atom is 0.347 e. The van der Waals surface area contributed by atoms with Crippen molar-refractivity contribution in [3.05, 3.63) is 161 Å². The van der Waals surface area contributed by atoms with E-state index in [1.165, 1.54) is 41.3 Å². The third kappa shape index (κ3) is 6.26. The van der Waals surface area contributed by atoms with Crippen LogP contribution in [0, 0.1) is 5.92 Å². The number of methoxy groups -OCH3 is 3. The van der Waals surface area contributed by atoms with Crippen LogP contribution >= 0.6 is 23.2 Å². The number of hydrogen-bond acceptors (Lipinski definition) is 11. The minimum absolute atomic E-state index is 0.0718. The predicted molar refractivity (Wildman–Crippen MR) is 247 cm³/mol. The molecule has 7 aromatic rings. The van der Waals surface area contributed by atoms with E-state index in [2.05, 4.69) is 10.4 Å². The Labute approximate surface area is 385 Å². The van der Waals surface area contributed by atoms with Gasteiger partial charge in [-0.25, -0.2) is 28.5 Å². The molecule has 2 aromatic heterocycles. The number of aromatic hydroxyl groups is 1. The standard InChI is InChI=1S/C48H41Cl2N7O9/c1-53-37-24-40(66-4)39(65-3)23-35(37)51-34(44(53)60)18-19-54-46(62)55-20-17-30-36(57(55)47(54)63)22-31-43(59)56(52-33-15-12-27(49)21-32(33)50)45(61)48(31,26-10-13-28(64-2)14-11-26)42(30)41-29-8-6-5-7-25(29)9-16-38(41)58/h5-17,21,23-24,31,36,42,52,58H,18-20,22H2,1-4H3/t31-,36+,42+,48+/m0/s1. The van der Waals surface area contributed by atoms with Gasteiger partial charge in [-0.3, -0.25) is 19.8 Å². The number of benzene rings is 5. The van der Waals surface area contributed by atoms with E-state index in [1.54, 1.807) is 67.7 Å². The Balaban J connectivity index is 1.14. The lowest BCUT2D eigenvalue weighted by molar-refractivity contribution is -0.138. The molecule has 2 aliphatic heterocycles. The summed E-state index contributed by atoms with van der Waals surface area (Å²) in [5, 5.41) is 14.9. The summed E-state index contributed by atoms with van der Waals surface area (Å²) in [6.45, 7) is -0.280. The van der Waals surface area contributed by atoms with Crippen LogP contribution in [0.2, 0.25) is 10.0 Å². The average molecular weight is 931 g/mol. The number of amides is 2. The van der Waals surface area contributed by atoms with Gasteiger partial charge in [0.1, 0.15) is 17.2 Å². The number of carbonyl (C=O) groups excluding carboxylic acids is 2. The van der Waals surface area contributed by atoms with Crippen LogP contribution in [0.15, 0.2) is 117 Å². The Morgan fingerprint density at radius 3 is 2.33 bits per heavy atom. The van der Waals surface area contributed by atoms with Crippen LogP contribution in [0.5, 0.6) is 23.0 Å². The zero-order valence-electron chi connectivity index (χ0n) is 36.0. The summed E-state index contributed by atoms with van der Waals surface area (Å²) in [6.07, 6.45) is 1.64. The van der Waals surface area contributed by atoms with Gasteiger partial charge in [0.05, 0.1) is 67.0 Å². The largest absolute Gasteiger partial charge is 0.508 e. The normalized spacial score (nSPS) is 19.9. The van der Waals surface area contributed by atoms with E-state index in [-0.39, 0.29) is 48.1 Å². The van der Waals surface area contributed by atoms with Crippen LogP contribution in [-0.2, 0) is 41.6 Å². The molecular formula is C48H41Cl2N7O9. The number of aromatic nitrogens is 5. The smallest absolute Gasteiger partial charge is 0.347 e. The van der Waals surface area contributed by atoms with E-state index in [4.69, 9.17) is 37.4 Å². The molecule has 1 saturated carbocycles. The van der Waals surface area contributed by atoms with Crippen molar-refractivity contribution >= 4 is 62.5 Å². The summed E-state index contributed by atoms with van der Waals surface area (Å²) in [7, 11) is 6.10. The van der Waals surface area contributed by atoms with Gasteiger partial charge in [-0.1, -0.05) is 71.7 Å². The molecule has 10 rings (SSSR count). The summed E-state index contributed by atoms with van der Waals surface area (Å²) in [5.74, 6) is -2.30. The van der Waals surface area contributed by atoms with Gasteiger partial charge in [-0.2, -0.15) is 5.01 Å². The number of ether oxygens (including phenoxy) is 3. The van der Waals surface area contributed by atoms with E-state index in [0.29, 0.717) is 55.4 Å². The molecule has 2 fully saturated rings. The topological polar surface area (TPSA) is 181 Å². The Morgan fingerprint density at radius 1 is 0.864 bits per heavy atom. The maximum atomic E-state index is 15.8. The molecule has 2 N–H and O–H groups in total.